The number of hydrogen-bond donors (Lipinski definition) is 3. The van der Waals surface area contributed by atoms with Crippen LogP contribution in [0.1, 0.15) is 25.9 Å². The molecule has 0 aliphatic rings. The molecule has 0 aliphatic heterocycles. The predicted octanol–water partition coefficient (Wildman–Crippen LogP) is 3.67. The van der Waals surface area contributed by atoms with Crippen LogP contribution in [0.4, 0.5) is 10.4 Å². The van der Waals surface area contributed by atoms with Crippen LogP contribution in [0.2, 0.25) is 0 Å². The zero-order valence-corrected chi connectivity index (χ0v) is 17.8. The summed E-state index contributed by atoms with van der Waals surface area (Å²) in [4.78, 5) is 32.4. The summed E-state index contributed by atoms with van der Waals surface area (Å²) in [6.45, 7) is 3.98. The van der Waals surface area contributed by atoms with Crippen molar-refractivity contribution in [3.05, 3.63) is 76.0 Å². The van der Waals surface area contributed by atoms with Gasteiger partial charge in [0.2, 0.25) is 0 Å². The molecule has 29 heavy (non-hydrogen) atoms. The van der Waals surface area contributed by atoms with Gasteiger partial charge in [0.05, 0.1) is 0 Å². The Labute approximate surface area is 174 Å². The summed E-state index contributed by atoms with van der Waals surface area (Å²) in [5.41, 5.74) is 4.88. The number of rotatable bonds is 5. The topological polar surface area (TPSA) is 86.9 Å². The number of hydrogen-bond acceptors (Lipinski definition) is 3. The van der Waals surface area contributed by atoms with Gasteiger partial charge in [0, 0.05) is 0 Å². The molecule has 146 valence electrons. The molecule has 0 fully saturated rings. The first kappa shape index (κ1) is 19.2. The number of nitrogens with one attached hydrogen (secondary N) is 3. The summed E-state index contributed by atoms with van der Waals surface area (Å²) in [5, 5.41) is 6.81. The molecule has 2 heterocycles. The number of amides is 2. The Morgan fingerprint density at radius 1 is 1.10 bits per heavy atom. The number of anilines is 2. The van der Waals surface area contributed by atoms with E-state index in [0.717, 1.165) is 33.3 Å². The van der Waals surface area contributed by atoms with Gasteiger partial charge in [-0.3, -0.25) is 0 Å². The van der Waals surface area contributed by atoms with E-state index in [9.17, 15) is 9.59 Å². The van der Waals surface area contributed by atoms with E-state index < -0.39 is 0 Å². The fraction of sp³-hybridized carbons (Fsp3) is 0.136. The average molecular weight is 451 g/mol. The van der Waals surface area contributed by atoms with Crippen molar-refractivity contribution in [2.24, 2.45) is 0 Å². The predicted molar refractivity (Wildman–Crippen MR) is 116 cm³/mol. The third-order valence-corrected chi connectivity index (χ3v) is 6.54. The number of aryl methyl sites for hydroxylation is 2. The number of benzene rings is 2. The standard InChI is InChI=1S/C22H20N4O2Se/c1-13-7-8-17(14(2)9-13)25-21(28)19-12-24-22(29-19)26-20(27)10-15-11-23-18-6-4-3-5-16(15)18/h3-9,11-12,23H,10H2,1-2H3,(H,25,28)(H,24,26,27). The molecule has 0 spiro atoms. The van der Waals surface area contributed by atoms with Crippen LogP contribution in [0.25, 0.3) is 10.9 Å². The van der Waals surface area contributed by atoms with Crippen LogP contribution < -0.4 is 10.6 Å². The molecule has 0 saturated carbocycles. The summed E-state index contributed by atoms with van der Waals surface area (Å²) in [6, 6.07) is 13.8. The van der Waals surface area contributed by atoms with Gasteiger partial charge in [-0.1, -0.05) is 0 Å². The minimum absolute atomic E-state index is 0.139. The van der Waals surface area contributed by atoms with E-state index in [1.54, 1.807) is 6.20 Å². The van der Waals surface area contributed by atoms with Crippen LogP contribution in [0.5, 0.6) is 0 Å². The van der Waals surface area contributed by atoms with Gasteiger partial charge in [0.25, 0.3) is 0 Å². The van der Waals surface area contributed by atoms with Gasteiger partial charge in [-0.25, -0.2) is 0 Å². The summed E-state index contributed by atoms with van der Waals surface area (Å²) < 4.78 is 1.13. The van der Waals surface area contributed by atoms with E-state index in [0.29, 0.717) is 9.13 Å². The minimum atomic E-state index is -0.335. The number of aromatic nitrogens is 2. The van der Waals surface area contributed by atoms with E-state index in [-0.39, 0.29) is 32.7 Å². The molecule has 7 heteroatoms. The van der Waals surface area contributed by atoms with E-state index in [2.05, 4.69) is 20.6 Å². The Bertz CT molecular complexity index is 1210. The van der Waals surface area contributed by atoms with E-state index >= 15 is 0 Å². The maximum absolute atomic E-state index is 12.5. The van der Waals surface area contributed by atoms with Crippen molar-refractivity contribution in [1.82, 2.24) is 9.97 Å². The SMILES string of the molecule is Cc1ccc(NC(=O)c2cnc(NC(=O)Cc3c[nH]c4ccccc34)[se]2)c(C)c1. The van der Waals surface area contributed by atoms with Gasteiger partial charge in [-0.2, -0.15) is 0 Å². The molecule has 0 radical (unpaired) electrons. The first-order chi connectivity index (χ1) is 14.0. The second-order valence-electron chi connectivity index (χ2n) is 6.89. The van der Waals surface area contributed by atoms with E-state index in [1.165, 1.54) is 0 Å². The van der Waals surface area contributed by atoms with E-state index in [4.69, 9.17) is 0 Å². The third-order valence-electron chi connectivity index (χ3n) is 4.63. The van der Waals surface area contributed by atoms with Crippen LogP contribution in [0.15, 0.2) is 54.9 Å². The van der Waals surface area contributed by atoms with Crippen molar-refractivity contribution in [2.45, 2.75) is 20.3 Å². The van der Waals surface area contributed by atoms with Crippen LogP contribution >= 0.6 is 0 Å². The Kier molecular flexibility index (Phi) is 5.34. The van der Waals surface area contributed by atoms with Crippen LogP contribution in [0, 0.1) is 13.8 Å². The molecular weight excluding hydrogens is 431 g/mol. The van der Waals surface area contributed by atoms with Crippen LogP contribution in [-0.4, -0.2) is 36.3 Å². The van der Waals surface area contributed by atoms with Gasteiger partial charge in [0.1, 0.15) is 0 Å². The van der Waals surface area contributed by atoms with Crippen LogP contribution in [-0.2, 0) is 11.2 Å². The Balaban J connectivity index is 1.40. The van der Waals surface area contributed by atoms with Crippen molar-refractivity contribution >= 4 is 47.6 Å². The number of nitrogens with zero attached hydrogens (tertiary/aromatic N) is 1. The molecule has 0 unspecified atom stereocenters. The Morgan fingerprint density at radius 2 is 1.93 bits per heavy atom. The molecule has 3 N–H and O–H groups in total. The number of carbonyl (C=O) groups is 2. The quantitative estimate of drug-likeness (QED) is 0.405. The molecule has 0 saturated heterocycles. The number of aromatic amines is 1. The normalized spacial score (nSPS) is 10.8. The third kappa shape index (κ3) is 4.31. The average Bonchev–Trinajstić information content (AvgIpc) is 3.32. The van der Waals surface area contributed by atoms with E-state index in [1.807, 2.05) is 62.5 Å². The number of carbonyl (C=O) groups excluding carboxylic acids is 2. The molecule has 2 aromatic carbocycles. The summed E-state index contributed by atoms with van der Waals surface area (Å²) >= 11 is -0.335. The number of fused-ring (bicyclic) bond motifs is 1. The molecule has 4 rings (SSSR count). The summed E-state index contributed by atoms with van der Waals surface area (Å²) in [5.74, 6) is -0.318. The van der Waals surface area contributed by atoms with Crippen molar-refractivity contribution < 1.29 is 9.59 Å². The van der Waals surface area contributed by atoms with Gasteiger partial charge in [-0.05, 0) is 0 Å². The molecule has 0 atom stereocenters. The monoisotopic (exact) mass is 452 g/mol. The molecule has 2 aromatic heterocycles. The molecule has 0 bridgehead atoms. The zero-order chi connectivity index (χ0) is 20.4. The Hall–Kier alpha value is -3.15. The molecule has 2 amide bonds. The van der Waals surface area contributed by atoms with Gasteiger partial charge in [-0.15, -0.1) is 0 Å². The number of H-pyrrole nitrogens is 1. The van der Waals surface area contributed by atoms with Gasteiger partial charge in [0.15, 0.2) is 0 Å². The maximum atomic E-state index is 12.5. The Morgan fingerprint density at radius 3 is 2.76 bits per heavy atom. The van der Waals surface area contributed by atoms with Crippen molar-refractivity contribution in [3.8, 4) is 0 Å². The number of para-hydroxylation sites is 1. The van der Waals surface area contributed by atoms with Gasteiger partial charge >= 0.3 is 174 Å². The molecule has 4 aromatic rings. The van der Waals surface area contributed by atoms with Gasteiger partial charge < -0.3 is 0 Å². The molecule has 0 aliphatic carbocycles. The first-order valence-electron chi connectivity index (χ1n) is 9.19. The van der Waals surface area contributed by atoms with Crippen molar-refractivity contribution in [3.63, 3.8) is 0 Å². The van der Waals surface area contributed by atoms with Crippen molar-refractivity contribution in [1.29, 1.82) is 0 Å². The fourth-order valence-electron chi connectivity index (χ4n) is 3.19. The first-order valence-corrected chi connectivity index (χ1v) is 10.9. The summed E-state index contributed by atoms with van der Waals surface area (Å²) in [7, 11) is 0. The zero-order valence-electron chi connectivity index (χ0n) is 16.1. The summed E-state index contributed by atoms with van der Waals surface area (Å²) in [6.07, 6.45) is 3.65. The van der Waals surface area contributed by atoms with Crippen LogP contribution in [0.3, 0.4) is 0 Å². The second kappa shape index (κ2) is 8.07. The molecular formula is C22H20N4O2Se. The second-order valence-corrected chi connectivity index (χ2v) is 9.05. The molecule has 6 nitrogen and oxygen atoms in total. The van der Waals surface area contributed by atoms with Crippen molar-refractivity contribution in [2.75, 3.05) is 10.6 Å². The fourth-order valence-corrected chi connectivity index (χ4v) is 4.72.